The Balaban J connectivity index is 1.41. The first-order chi connectivity index (χ1) is 18.9. The highest BCUT2D eigenvalue weighted by Crippen LogP contribution is 2.38. The fourth-order valence-electron chi connectivity index (χ4n) is 5.45. The Kier molecular flexibility index (Phi) is 7.35. The van der Waals surface area contributed by atoms with E-state index in [1.54, 1.807) is 40.2 Å². The number of fused-ring (bicyclic) bond motifs is 3. The highest BCUT2D eigenvalue weighted by Gasteiger charge is 2.34. The van der Waals surface area contributed by atoms with Gasteiger partial charge in [0.05, 0.1) is 16.3 Å². The van der Waals surface area contributed by atoms with E-state index in [9.17, 15) is 14.4 Å². The van der Waals surface area contributed by atoms with Gasteiger partial charge in [-0.2, -0.15) is 0 Å². The molecular weight excluding hydrogens is 550 g/mol. The topological polar surface area (TPSA) is 72.3 Å². The van der Waals surface area contributed by atoms with E-state index in [-0.39, 0.29) is 17.4 Å². The first-order valence-electron chi connectivity index (χ1n) is 13.3. The van der Waals surface area contributed by atoms with Crippen LogP contribution in [0.15, 0.2) is 64.5 Å². The lowest BCUT2D eigenvalue weighted by Crippen LogP contribution is -2.41. The number of para-hydroxylation sites is 1. The Labute approximate surface area is 240 Å². The third-order valence-electron chi connectivity index (χ3n) is 7.54. The zero-order chi connectivity index (χ0) is 27.1. The van der Waals surface area contributed by atoms with Crippen LogP contribution >= 0.6 is 34.7 Å². The molecule has 2 amide bonds. The third kappa shape index (κ3) is 5.06. The minimum atomic E-state index is -0.530. The number of hydrogen-bond donors (Lipinski definition) is 0. The van der Waals surface area contributed by atoms with Crippen LogP contribution in [0.1, 0.15) is 53.4 Å². The smallest absolute Gasteiger partial charge is 0.267 e. The molecule has 0 bridgehead atoms. The predicted molar refractivity (Wildman–Crippen MR) is 157 cm³/mol. The van der Waals surface area contributed by atoms with Crippen LogP contribution in [0.2, 0.25) is 5.02 Å². The molecule has 2 atom stereocenters. The molecule has 0 radical (unpaired) electrons. The minimum Gasteiger partial charge on any atom is -0.278 e. The van der Waals surface area contributed by atoms with Gasteiger partial charge in [0.2, 0.25) is 5.91 Å². The molecule has 6 rings (SSSR count). The molecule has 2 aromatic heterocycles. The van der Waals surface area contributed by atoms with Gasteiger partial charge in [0, 0.05) is 22.0 Å². The van der Waals surface area contributed by atoms with Crippen molar-refractivity contribution in [3.8, 4) is 5.69 Å². The van der Waals surface area contributed by atoms with Crippen LogP contribution in [-0.4, -0.2) is 38.1 Å². The molecule has 2 aromatic carbocycles. The van der Waals surface area contributed by atoms with Gasteiger partial charge in [-0.1, -0.05) is 54.9 Å². The van der Waals surface area contributed by atoms with Crippen LogP contribution < -0.4 is 5.56 Å². The van der Waals surface area contributed by atoms with E-state index >= 15 is 0 Å². The summed E-state index contributed by atoms with van der Waals surface area (Å²) >= 11 is 8.91. The summed E-state index contributed by atoms with van der Waals surface area (Å²) in [5.74, 6) is 0.0160. The standard InChI is InChI=1S/C30H28ClN3O3S2/c1-18-10-15-22-24(17-18)38-26-25(22)29(37)34(21-7-3-2-4-8-21)30(32-26)39-23-9-5-6-16-33(28(23)36)27(35)19-11-13-20(31)14-12-19/h2-4,7-8,11-14,18,23H,5-6,9-10,15-17H2,1H3/t18-,23-/m1/s1. The first-order valence-corrected chi connectivity index (χ1v) is 15.4. The number of thioether (sulfide) groups is 1. The molecule has 1 aliphatic carbocycles. The number of imide groups is 1. The van der Waals surface area contributed by atoms with Gasteiger partial charge in [0.15, 0.2) is 5.16 Å². The van der Waals surface area contributed by atoms with E-state index in [0.29, 0.717) is 40.0 Å². The first kappa shape index (κ1) is 26.3. The van der Waals surface area contributed by atoms with Crippen LogP contribution in [0.25, 0.3) is 15.9 Å². The molecule has 0 spiro atoms. The summed E-state index contributed by atoms with van der Waals surface area (Å²) in [5.41, 5.74) is 2.20. The van der Waals surface area contributed by atoms with Crippen LogP contribution in [0.4, 0.5) is 0 Å². The molecule has 4 aromatic rings. The van der Waals surface area contributed by atoms with E-state index in [1.165, 1.54) is 21.5 Å². The quantitative estimate of drug-likeness (QED) is 0.203. The van der Waals surface area contributed by atoms with Gasteiger partial charge in [-0.05, 0) is 80.0 Å². The average Bonchev–Trinajstić information content (AvgIpc) is 3.20. The van der Waals surface area contributed by atoms with Gasteiger partial charge < -0.3 is 0 Å². The van der Waals surface area contributed by atoms with Crippen LogP contribution in [-0.2, 0) is 17.6 Å². The summed E-state index contributed by atoms with van der Waals surface area (Å²) in [7, 11) is 0. The van der Waals surface area contributed by atoms with E-state index in [0.717, 1.165) is 48.2 Å². The number of amides is 2. The van der Waals surface area contributed by atoms with Crippen LogP contribution in [0, 0.1) is 5.92 Å². The molecule has 200 valence electrons. The van der Waals surface area contributed by atoms with E-state index in [2.05, 4.69) is 6.92 Å². The summed E-state index contributed by atoms with van der Waals surface area (Å²) in [4.78, 5) is 49.5. The summed E-state index contributed by atoms with van der Waals surface area (Å²) in [6.45, 7) is 2.62. The average molecular weight is 578 g/mol. The Morgan fingerprint density at radius 2 is 1.82 bits per heavy atom. The fraction of sp³-hybridized carbons (Fsp3) is 0.333. The molecule has 0 saturated carbocycles. The van der Waals surface area contributed by atoms with Crippen molar-refractivity contribution in [3.63, 3.8) is 0 Å². The molecule has 0 N–H and O–H groups in total. The van der Waals surface area contributed by atoms with Gasteiger partial charge in [0.1, 0.15) is 4.83 Å². The SMILES string of the molecule is C[C@@H]1CCc2c(sc3nc(S[C@@H]4CCCCN(C(=O)c5ccc(Cl)cc5)C4=O)n(-c4ccccc4)c(=O)c23)C1. The molecule has 9 heteroatoms. The molecular formula is C30H28ClN3O3S2. The Hall–Kier alpha value is -2.94. The lowest BCUT2D eigenvalue weighted by atomic mass is 9.89. The van der Waals surface area contributed by atoms with Gasteiger partial charge in [-0.3, -0.25) is 23.9 Å². The minimum absolute atomic E-state index is 0.0871. The third-order valence-corrected chi connectivity index (χ3v) is 10.1. The highest BCUT2D eigenvalue weighted by atomic mass is 35.5. The number of likely N-dealkylation sites (tertiary alicyclic amines) is 1. The van der Waals surface area contributed by atoms with Crippen molar-refractivity contribution in [2.75, 3.05) is 6.54 Å². The highest BCUT2D eigenvalue weighted by molar-refractivity contribution is 8.00. The van der Waals surface area contributed by atoms with E-state index < -0.39 is 5.25 Å². The lowest BCUT2D eigenvalue weighted by molar-refractivity contribution is -0.127. The van der Waals surface area contributed by atoms with Crippen LogP contribution in [0.3, 0.4) is 0 Å². The maximum atomic E-state index is 14.1. The van der Waals surface area contributed by atoms with Gasteiger partial charge in [-0.25, -0.2) is 4.98 Å². The number of halogens is 1. The number of thiophene rings is 1. The van der Waals surface area contributed by atoms with Crippen molar-refractivity contribution >= 4 is 56.7 Å². The number of carbonyl (C=O) groups is 2. The Bertz CT molecular complexity index is 1610. The van der Waals surface area contributed by atoms with Gasteiger partial charge in [0.25, 0.3) is 11.5 Å². The number of carbonyl (C=O) groups excluding carboxylic acids is 2. The zero-order valence-corrected chi connectivity index (χ0v) is 24.0. The number of nitrogens with zero attached hydrogens (tertiary/aromatic N) is 3. The monoisotopic (exact) mass is 577 g/mol. The maximum Gasteiger partial charge on any atom is 0.267 e. The molecule has 2 aliphatic rings. The molecule has 6 nitrogen and oxygen atoms in total. The molecule has 3 heterocycles. The number of rotatable bonds is 4. The van der Waals surface area contributed by atoms with Crippen molar-refractivity contribution in [1.29, 1.82) is 0 Å². The van der Waals surface area contributed by atoms with Crippen molar-refractivity contribution in [3.05, 3.63) is 86.0 Å². The van der Waals surface area contributed by atoms with Crippen LogP contribution in [0.5, 0.6) is 0 Å². The largest absolute Gasteiger partial charge is 0.278 e. The van der Waals surface area contributed by atoms with Crippen molar-refractivity contribution in [2.24, 2.45) is 5.92 Å². The van der Waals surface area contributed by atoms with Crippen molar-refractivity contribution in [1.82, 2.24) is 14.5 Å². The van der Waals surface area contributed by atoms with Crippen molar-refractivity contribution < 1.29 is 9.59 Å². The van der Waals surface area contributed by atoms with Gasteiger partial charge in [-0.15, -0.1) is 11.3 Å². The zero-order valence-electron chi connectivity index (χ0n) is 21.6. The van der Waals surface area contributed by atoms with E-state index in [1.807, 2.05) is 30.3 Å². The second-order valence-electron chi connectivity index (χ2n) is 10.3. The molecule has 1 aliphatic heterocycles. The predicted octanol–water partition coefficient (Wildman–Crippen LogP) is 6.54. The normalized spacial score (nSPS) is 19.6. The second-order valence-corrected chi connectivity index (χ2v) is 13.0. The lowest BCUT2D eigenvalue weighted by Gasteiger charge is -2.23. The number of aryl methyl sites for hydroxylation is 1. The summed E-state index contributed by atoms with van der Waals surface area (Å²) in [5, 5.41) is 1.20. The summed E-state index contributed by atoms with van der Waals surface area (Å²) in [6.07, 6.45) is 5.06. The fourth-order valence-corrected chi connectivity index (χ4v) is 8.21. The molecule has 1 fully saturated rings. The number of hydrogen-bond acceptors (Lipinski definition) is 6. The second kappa shape index (κ2) is 10.9. The van der Waals surface area contributed by atoms with Gasteiger partial charge >= 0.3 is 0 Å². The summed E-state index contributed by atoms with van der Waals surface area (Å²) in [6, 6.07) is 16.1. The molecule has 1 saturated heterocycles. The number of aromatic nitrogens is 2. The number of benzene rings is 2. The Morgan fingerprint density at radius 1 is 1.05 bits per heavy atom. The molecule has 0 unspecified atom stereocenters. The molecule has 39 heavy (non-hydrogen) atoms. The maximum absolute atomic E-state index is 14.1. The van der Waals surface area contributed by atoms with E-state index in [4.69, 9.17) is 16.6 Å². The van der Waals surface area contributed by atoms with Crippen molar-refractivity contribution in [2.45, 2.75) is 55.9 Å². The Morgan fingerprint density at radius 3 is 2.59 bits per heavy atom. The summed E-state index contributed by atoms with van der Waals surface area (Å²) < 4.78 is 1.65.